The summed E-state index contributed by atoms with van der Waals surface area (Å²) < 4.78 is 5.11. The molecule has 0 aliphatic rings. The molecule has 0 aliphatic heterocycles. The highest BCUT2D eigenvalue weighted by Gasteiger charge is 2.08. The molecule has 4 nitrogen and oxygen atoms in total. The van der Waals surface area contributed by atoms with Gasteiger partial charge in [0.25, 0.3) is 0 Å². The largest absolute Gasteiger partial charge is 0.504 e. The summed E-state index contributed by atoms with van der Waals surface area (Å²) >= 11 is 1.64. The summed E-state index contributed by atoms with van der Waals surface area (Å²) in [6, 6.07) is 5.73. The third-order valence-electron chi connectivity index (χ3n) is 2.66. The van der Waals surface area contributed by atoms with Crippen molar-refractivity contribution in [1.29, 1.82) is 0 Å². The standard InChI is InChI=1S/C14H18N2O2S/c1-9(2)15-7-11-8-16-14(19-11)10-4-5-12(17)13(6-10)18-3/h4-6,8-9,15,17H,7H2,1-3H3. The molecule has 0 amide bonds. The molecule has 0 radical (unpaired) electrons. The van der Waals surface area contributed by atoms with Gasteiger partial charge in [-0.15, -0.1) is 11.3 Å². The number of benzene rings is 1. The van der Waals surface area contributed by atoms with Crippen LogP contribution in [0.15, 0.2) is 24.4 Å². The van der Waals surface area contributed by atoms with Crippen molar-refractivity contribution in [2.45, 2.75) is 26.4 Å². The van der Waals surface area contributed by atoms with Crippen LogP contribution in [0.3, 0.4) is 0 Å². The zero-order valence-electron chi connectivity index (χ0n) is 11.3. The Morgan fingerprint density at radius 1 is 1.42 bits per heavy atom. The van der Waals surface area contributed by atoms with Crippen LogP contribution >= 0.6 is 11.3 Å². The van der Waals surface area contributed by atoms with E-state index in [0.29, 0.717) is 11.8 Å². The molecule has 1 heterocycles. The van der Waals surface area contributed by atoms with E-state index in [2.05, 4.69) is 24.1 Å². The minimum atomic E-state index is 0.143. The molecule has 19 heavy (non-hydrogen) atoms. The predicted molar refractivity (Wildman–Crippen MR) is 77.7 cm³/mol. The number of ether oxygens (including phenoxy) is 1. The lowest BCUT2D eigenvalue weighted by molar-refractivity contribution is 0.373. The number of phenolic OH excluding ortho intramolecular Hbond substituents is 1. The van der Waals surface area contributed by atoms with E-state index >= 15 is 0 Å². The molecule has 1 aromatic carbocycles. The van der Waals surface area contributed by atoms with Gasteiger partial charge in [0.05, 0.1) is 7.11 Å². The first kappa shape index (κ1) is 13.8. The van der Waals surface area contributed by atoms with Crippen LogP contribution in [0.4, 0.5) is 0 Å². The number of hydrogen-bond donors (Lipinski definition) is 2. The van der Waals surface area contributed by atoms with Crippen molar-refractivity contribution in [3.8, 4) is 22.1 Å². The van der Waals surface area contributed by atoms with Gasteiger partial charge in [0.15, 0.2) is 11.5 Å². The second-order valence-corrected chi connectivity index (χ2v) is 5.67. The van der Waals surface area contributed by atoms with Gasteiger partial charge >= 0.3 is 0 Å². The first-order valence-electron chi connectivity index (χ1n) is 6.15. The van der Waals surface area contributed by atoms with Gasteiger partial charge in [-0.3, -0.25) is 0 Å². The number of aromatic nitrogens is 1. The van der Waals surface area contributed by atoms with Gasteiger partial charge in [0.1, 0.15) is 5.01 Å². The maximum absolute atomic E-state index is 9.58. The van der Waals surface area contributed by atoms with E-state index < -0.39 is 0 Å². The molecule has 2 aromatic rings. The number of rotatable bonds is 5. The lowest BCUT2D eigenvalue weighted by atomic mass is 10.2. The molecule has 0 aliphatic carbocycles. The van der Waals surface area contributed by atoms with E-state index in [9.17, 15) is 5.11 Å². The van der Waals surface area contributed by atoms with E-state index in [4.69, 9.17) is 4.74 Å². The maximum atomic E-state index is 9.58. The molecule has 2 N–H and O–H groups in total. The first-order valence-corrected chi connectivity index (χ1v) is 6.97. The fraction of sp³-hybridized carbons (Fsp3) is 0.357. The molecule has 0 unspecified atom stereocenters. The Morgan fingerprint density at radius 2 is 2.21 bits per heavy atom. The Labute approximate surface area is 117 Å². The van der Waals surface area contributed by atoms with Crippen molar-refractivity contribution in [2.24, 2.45) is 0 Å². The Hall–Kier alpha value is -1.59. The fourth-order valence-corrected chi connectivity index (χ4v) is 2.50. The molecule has 0 fully saturated rings. The maximum Gasteiger partial charge on any atom is 0.161 e. The van der Waals surface area contributed by atoms with Crippen molar-refractivity contribution < 1.29 is 9.84 Å². The second-order valence-electron chi connectivity index (χ2n) is 4.55. The molecule has 0 saturated heterocycles. The SMILES string of the molecule is COc1cc(-c2ncc(CNC(C)C)s2)ccc1O. The average Bonchev–Trinajstić information content (AvgIpc) is 2.86. The Balaban J connectivity index is 2.18. The topological polar surface area (TPSA) is 54.4 Å². The van der Waals surface area contributed by atoms with Crippen LogP contribution in [0.1, 0.15) is 18.7 Å². The molecule has 0 saturated carbocycles. The number of hydrogen-bond acceptors (Lipinski definition) is 5. The summed E-state index contributed by atoms with van der Waals surface area (Å²) in [4.78, 5) is 5.60. The van der Waals surface area contributed by atoms with E-state index in [1.165, 1.54) is 4.88 Å². The Morgan fingerprint density at radius 3 is 2.89 bits per heavy atom. The number of phenols is 1. The summed E-state index contributed by atoms with van der Waals surface area (Å²) in [7, 11) is 1.54. The monoisotopic (exact) mass is 278 g/mol. The van der Waals surface area contributed by atoms with Crippen molar-refractivity contribution in [3.63, 3.8) is 0 Å². The molecule has 5 heteroatoms. The minimum absolute atomic E-state index is 0.143. The van der Waals surface area contributed by atoms with Crippen LogP contribution < -0.4 is 10.1 Å². The van der Waals surface area contributed by atoms with Gasteiger partial charge in [-0.25, -0.2) is 4.98 Å². The zero-order chi connectivity index (χ0) is 13.8. The van der Waals surface area contributed by atoms with Crippen LogP contribution in [0.25, 0.3) is 10.6 Å². The summed E-state index contributed by atoms with van der Waals surface area (Å²) in [5, 5.41) is 13.9. The second kappa shape index (κ2) is 6.04. The third kappa shape index (κ3) is 3.45. The molecule has 0 bridgehead atoms. The molecule has 0 spiro atoms. The minimum Gasteiger partial charge on any atom is -0.504 e. The normalized spacial score (nSPS) is 10.9. The Bertz CT molecular complexity index is 552. The van der Waals surface area contributed by atoms with Gasteiger partial charge in [0, 0.05) is 29.2 Å². The molecule has 0 atom stereocenters. The highest BCUT2D eigenvalue weighted by molar-refractivity contribution is 7.15. The highest BCUT2D eigenvalue weighted by Crippen LogP contribution is 2.33. The van der Waals surface area contributed by atoms with Gasteiger partial charge in [-0.2, -0.15) is 0 Å². The van der Waals surface area contributed by atoms with Gasteiger partial charge in [-0.1, -0.05) is 13.8 Å². The van der Waals surface area contributed by atoms with E-state index in [1.807, 2.05) is 12.3 Å². The Kier molecular flexibility index (Phi) is 4.39. The summed E-state index contributed by atoms with van der Waals surface area (Å²) in [5.41, 5.74) is 0.954. The van der Waals surface area contributed by atoms with Crippen LogP contribution in [-0.4, -0.2) is 23.2 Å². The molecular weight excluding hydrogens is 260 g/mol. The van der Waals surface area contributed by atoms with Gasteiger partial charge in [-0.05, 0) is 18.2 Å². The lowest BCUT2D eigenvalue weighted by Crippen LogP contribution is -2.21. The molecule has 2 rings (SSSR count). The lowest BCUT2D eigenvalue weighted by Gasteiger charge is -2.05. The quantitative estimate of drug-likeness (QED) is 0.882. The smallest absolute Gasteiger partial charge is 0.161 e. The summed E-state index contributed by atoms with van der Waals surface area (Å²) in [5.74, 6) is 0.610. The summed E-state index contributed by atoms with van der Waals surface area (Å²) in [6.45, 7) is 5.06. The highest BCUT2D eigenvalue weighted by atomic mass is 32.1. The number of thiazole rings is 1. The van der Waals surface area contributed by atoms with Gasteiger partial charge in [0.2, 0.25) is 0 Å². The summed E-state index contributed by atoms with van der Waals surface area (Å²) in [6.07, 6.45) is 1.88. The molecule has 102 valence electrons. The van der Waals surface area contributed by atoms with Crippen LogP contribution in [0.5, 0.6) is 11.5 Å². The number of methoxy groups -OCH3 is 1. The van der Waals surface area contributed by atoms with E-state index in [-0.39, 0.29) is 5.75 Å². The van der Waals surface area contributed by atoms with Crippen LogP contribution in [0.2, 0.25) is 0 Å². The van der Waals surface area contributed by atoms with Crippen LogP contribution in [-0.2, 0) is 6.54 Å². The van der Waals surface area contributed by atoms with Crippen molar-refractivity contribution in [3.05, 3.63) is 29.3 Å². The first-order chi connectivity index (χ1) is 9.10. The zero-order valence-corrected chi connectivity index (χ0v) is 12.1. The van der Waals surface area contributed by atoms with Crippen molar-refractivity contribution in [2.75, 3.05) is 7.11 Å². The van der Waals surface area contributed by atoms with Gasteiger partial charge < -0.3 is 15.2 Å². The third-order valence-corrected chi connectivity index (χ3v) is 3.71. The van der Waals surface area contributed by atoms with Crippen LogP contribution in [0, 0.1) is 0 Å². The average molecular weight is 278 g/mol. The van der Waals surface area contributed by atoms with E-state index in [0.717, 1.165) is 17.1 Å². The predicted octanol–water partition coefficient (Wildman–Crippen LogP) is 3.02. The van der Waals surface area contributed by atoms with Crippen molar-refractivity contribution in [1.82, 2.24) is 10.3 Å². The number of nitrogens with zero attached hydrogens (tertiary/aromatic N) is 1. The number of nitrogens with one attached hydrogen (secondary N) is 1. The van der Waals surface area contributed by atoms with Crippen molar-refractivity contribution >= 4 is 11.3 Å². The molecular formula is C14H18N2O2S. The van der Waals surface area contributed by atoms with E-state index in [1.54, 1.807) is 30.6 Å². The fourth-order valence-electron chi connectivity index (χ4n) is 1.64. The molecule has 1 aromatic heterocycles. The number of aromatic hydroxyl groups is 1.